The number of hydrogen-bond acceptors (Lipinski definition) is 9. The number of fused-ring (bicyclic) bond motifs is 3. The number of benzene rings is 1. The second kappa shape index (κ2) is 8.60. The number of aromatic hydroxyl groups is 1. The SMILES string of the molecule is CC(F)(SC[C@H]1c2cccc(O)c2C(=O)C2C(=O)[C@]3(O)C(=O)C(C(N)=O)C(=O)C[C@@H]3[C@@H](O)[C@@H]21)C(F)(F)F. The number of aliphatic hydroxyl groups is 2. The number of nitrogens with two attached hydrogens (primary N) is 1. The fraction of sp³-hybridized carbons (Fsp3) is 0.522. The van der Waals surface area contributed by atoms with Gasteiger partial charge in [-0.1, -0.05) is 12.1 Å². The van der Waals surface area contributed by atoms with Gasteiger partial charge in [0, 0.05) is 29.9 Å². The molecule has 0 radical (unpaired) electrons. The van der Waals surface area contributed by atoms with E-state index in [1.165, 1.54) is 12.1 Å². The van der Waals surface area contributed by atoms with Crippen LogP contribution in [0.5, 0.6) is 5.75 Å². The zero-order chi connectivity index (χ0) is 27.8. The van der Waals surface area contributed by atoms with Gasteiger partial charge in [-0.05, 0) is 18.6 Å². The summed E-state index contributed by atoms with van der Waals surface area (Å²) in [6, 6.07) is 3.58. The number of ketones is 4. The van der Waals surface area contributed by atoms with Gasteiger partial charge in [-0.15, -0.1) is 11.8 Å². The van der Waals surface area contributed by atoms with Crippen LogP contribution in [0.2, 0.25) is 0 Å². The number of phenolic OH excluding ortho intramolecular Hbond substituents is 1. The molecule has 1 amide bonds. The molecule has 0 aliphatic heterocycles. The number of Topliss-reactive ketones (excluding diaryl/α,β-unsaturated/α-hetero) is 4. The summed E-state index contributed by atoms with van der Waals surface area (Å²) < 4.78 is 54.1. The van der Waals surface area contributed by atoms with Crippen molar-refractivity contribution in [2.45, 2.75) is 42.1 Å². The van der Waals surface area contributed by atoms with Crippen molar-refractivity contribution in [3.05, 3.63) is 29.3 Å². The number of primary amides is 1. The van der Waals surface area contributed by atoms with E-state index in [2.05, 4.69) is 0 Å². The molecule has 4 rings (SSSR count). The van der Waals surface area contributed by atoms with E-state index >= 15 is 0 Å². The van der Waals surface area contributed by atoms with Crippen molar-refractivity contribution in [2.75, 3.05) is 5.75 Å². The lowest BCUT2D eigenvalue weighted by molar-refractivity contribution is -0.190. The van der Waals surface area contributed by atoms with Crippen molar-refractivity contribution in [1.29, 1.82) is 0 Å². The Morgan fingerprint density at radius 1 is 1.16 bits per heavy atom. The number of rotatable bonds is 4. The van der Waals surface area contributed by atoms with Crippen LogP contribution in [0, 0.1) is 23.7 Å². The Hall–Kier alpha value is -2.84. The lowest BCUT2D eigenvalue weighted by Crippen LogP contribution is -2.72. The maximum atomic E-state index is 14.5. The Morgan fingerprint density at radius 2 is 1.78 bits per heavy atom. The van der Waals surface area contributed by atoms with Crippen LogP contribution < -0.4 is 5.73 Å². The number of phenols is 1. The van der Waals surface area contributed by atoms with Gasteiger partial charge in [0.15, 0.2) is 34.7 Å². The quantitative estimate of drug-likeness (QED) is 0.315. The van der Waals surface area contributed by atoms with Gasteiger partial charge < -0.3 is 21.1 Å². The molecule has 5 N–H and O–H groups in total. The van der Waals surface area contributed by atoms with Gasteiger partial charge in [-0.25, -0.2) is 4.39 Å². The molecule has 3 unspecified atom stereocenters. The minimum atomic E-state index is -5.30. The second-order valence-corrected chi connectivity index (χ2v) is 11.0. The van der Waals surface area contributed by atoms with Crippen LogP contribution in [-0.2, 0) is 19.2 Å². The molecule has 9 nitrogen and oxygen atoms in total. The van der Waals surface area contributed by atoms with E-state index in [0.717, 1.165) is 6.07 Å². The molecule has 2 saturated carbocycles. The fourth-order valence-electron chi connectivity index (χ4n) is 5.66. The van der Waals surface area contributed by atoms with Gasteiger partial charge in [0.2, 0.25) is 10.9 Å². The Balaban J connectivity index is 1.86. The van der Waals surface area contributed by atoms with Crippen molar-refractivity contribution < 1.29 is 56.9 Å². The van der Waals surface area contributed by atoms with Crippen LogP contribution in [0.3, 0.4) is 0 Å². The normalized spacial score (nSPS) is 35.3. The minimum absolute atomic E-state index is 0.0718. The summed E-state index contributed by atoms with van der Waals surface area (Å²) in [6.07, 6.45) is -8.15. The summed E-state index contributed by atoms with van der Waals surface area (Å²) in [5, 5.41) is 29.0. The molecule has 8 atom stereocenters. The van der Waals surface area contributed by atoms with E-state index in [0.29, 0.717) is 0 Å². The molecule has 3 aliphatic carbocycles. The topological polar surface area (TPSA) is 172 Å². The first kappa shape index (κ1) is 27.2. The molecule has 37 heavy (non-hydrogen) atoms. The third-order valence-corrected chi connectivity index (χ3v) is 8.86. The van der Waals surface area contributed by atoms with E-state index in [9.17, 15) is 56.9 Å². The predicted octanol–water partition coefficient (Wildman–Crippen LogP) is 0.820. The highest BCUT2D eigenvalue weighted by Crippen LogP contribution is 2.56. The van der Waals surface area contributed by atoms with Crippen LogP contribution in [0.15, 0.2) is 18.2 Å². The summed E-state index contributed by atoms with van der Waals surface area (Å²) in [4.78, 5) is 64.2. The molecule has 1 aromatic carbocycles. The largest absolute Gasteiger partial charge is 0.507 e. The molecule has 2 fully saturated rings. The monoisotopic (exact) mass is 547 g/mol. The maximum Gasteiger partial charge on any atom is 0.431 e. The van der Waals surface area contributed by atoms with E-state index in [1.54, 1.807) is 0 Å². The number of carbonyl (C=O) groups excluding carboxylic acids is 5. The van der Waals surface area contributed by atoms with Crippen molar-refractivity contribution >= 4 is 40.8 Å². The van der Waals surface area contributed by atoms with Crippen LogP contribution in [-0.4, -0.2) is 73.0 Å². The lowest BCUT2D eigenvalue weighted by atomic mass is 9.50. The summed E-state index contributed by atoms with van der Waals surface area (Å²) in [5.74, 6) is -17.2. The Labute approximate surface area is 210 Å². The Bertz CT molecular complexity index is 1230. The molecular formula is C23H21F4NO8S. The zero-order valence-electron chi connectivity index (χ0n) is 19.0. The summed E-state index contributed by atoms with van der Waals surface area (Å²) in [7, 11) is 0. The molecule has 0 heterocycles. The molecule has 0 bridgehead atoms. The minimum Gasteiger partial charge on any atom is -0.507 e. The first-order valence-corrected chi connectivity index (χ1v) is 12.0. The molecule has 0 aromatic heterocycles. The molecule has 3 aliphatic rings. The van der Waals surface area contributed by atoms with Gasteiger partial charge in [0.25, 0.3) is 0 Å². The highest BCUT2D eigenvalue weighted by atomic mass is 32.2. The van der Waals surface area contributed by atoms with Gasteiger partial charge in [-0.2, -0.15) is 13.2 Å². The Morgan fingerprint density at radius 3 is 2.35 bits per heavy atom. The van der Waals surface area contributed by atoms with Crippen molar-refractivity contribution in [3.63, 3.8) is 0 Å². The van der Waals surface area contributed by atoms with Crippen molar-refractivity contribution in [3.8, 4) is 5.75 Å². The first-order valence-electron chi connectivity index (χ1n) is 11.0. The van der Waals surface area contributed by atoms with E-state index in [4.69, 9.17) is 5.73 Å². The Kier molecular flexibility index (Phi) is 6.32. The number of halogens is 4. The van der Waals surface area contributed by atoms with Gasteiger partial charge >= 0.3 is 6.18 Å². The standard InChI is InChI=1S/C23H21F4NO8S/c1-21(24,23(25,26)27)37-6-8-7-3-2-4-10(29)12(7)17(32)15-13(8)16(31)9-5-11(30)14(20(28)35)18(33)22(9,36)19(15)34/h2-4,8-9,13-16,29,31,36H,5-6H2,1H3,(H2,28,35)/t8-,9+,13+,14?,15?,16+,21?,22+/m0/s1. The third kappa shape index (κ3) is 3.79. The van der Waals surface area contributed by atoms with Crippen LogP contribution in [0.1, 0.15) is 35.2 Å². The van der Waals surface area contributed by atoms with Crippen molar-refractivity contribution in [2.24, 2.45) is 29.4 Å². The molecular weight excluding hydrogens is 526 g/mol. The number of carbonyl (C=O) groups is 5. The number of aliphatic hydroxyl groups excluding tert-OH is 1. The van der Waals surface area contributed by atoms with Crippen molar-refractivity contribution in [1.82, 2.24) is 0 Å². The number of alkyl halides is 4. The van der Waals surface area contributed by atoms with Gasteiger partial charge in [0.1, 0.15) is 5.75 Å². The summed E-state index contributed by atoms with van der Waals surface area (Å²) >= 11 is -0.209. The molecule has 200 valence electrons. The number of thioether (sulfide) groups is 1. The van der Waals surface area contributed by atoms with Crippen LogP contribution in [0.4, 0.5) is 17.6 Å². The molecule has 1 aromatic rings. The molecule has 0 saturated heterocycles. The van der Waals surface area contributed by atoms with Gasteiger partial charge in [0.05, 0.1) is 17.6 Å². The predicted molar refractivity (Wildman–Crippen MR) is 117 cm³/mol. The summed E-state index contributed by atoms with van der Waals surface area (Å²) in [5.41, 5.74) is 1.35. The number of hydrogen-bond donors (Lipinski definition) is 4. The first-order chi connectivity index (χ1) is 17.0. The van der Waals surface area contributed by atoms with E-state index in [-0.39, 0.29) is 24.2 Å². The molecule has 0 spiro atoms. The maximum absolute atomic E-state index is 14.5. The fourth-order valence-corrected chi connectivity index (χ4v) is 6.72. The zero-order valence-corrected chi connectivity index (χ0v) is 19.8. The smallest absolute Gasteiger partial charge is 0.431 e. The molecule has 14 heteroatoms. The van der Waals surface area contributed by atoms with Gasteiger partial charge in [-0.3, -0.25) is 24.0 Å². The number of amides is 1. The van der Waals surface area contributed by atoms with E-state index in [1.807, 2.05) is 0 Å². The summed E-state index contributed by atoms with van der Waals surface area (Å²) in [6.45, 7) is 0.274. The van der Waals surface area contributed by atoms with E-state index < -0.39 is 105 Å². The average Bonchev–Trinajstić information content (AvgIpc) is 2.77. The third-order valence-electron chi connectivity index (χ3n) is 7.56. The second-order valence-electron chi connectivity index (χ2n) is 9.59. The van der Waals surface area contributed by atoms with Crippen LogP contribution in [0.25, 0.3) is 0 Å². The van der Waals surface area contributed by atoms with Crippen LogP contribution >= 0.6 is 11.8 Å². The average molecular weight is 547 g/mol. The lowest BCUT2D eigenvalue weighted by Gasteiger charge is -2.53. The highest BCUT2D eigenvalue weighted by molar-refractivity contribution is 8.00. The highest BCUT2D eigenvalue weighted by Gasteiger charge is 2.70.